The smallest absolute Gasteiger partial charge is 0.416 e. The van der Waals surface area contributed by atoms with Crippen LogP contribution in [-0.2, 0) is 33.5 Å². The topological polar surface area (TPSA) is 57.7 Å². The van der Waals surface area contributed by atoms with Gasteiger partial charge in [-0.2, -0.15) is 13.2 Å². The molecule has 1 heterocycles. The Bertz CT molecular complexity index is 1170. The Hall–Kier alpha value is -2.91. The first kappa shape index (κ1) is 27.7. The second-order valence-corrected chi connectivity index (χ2v) is 9.99. The minimum Gasteiger partial charge on any atom is -0.490 e. The first-order chi connectivity index (χ1) is 16.9. The van der Waals surface area contributed by atoms with Crippen molar-refractivity contribution in [3.8, 4) is 16.3 Å². The Morgan fingerprint density at radius 1 is 1.11 bits per heavy atom. The molecule has 0 bridgehead atoms. The van der Waals surface area contributed by atoms with Gasteiger partial charge in [-0.05, 0) is 64.4 Å². The van der Waals surface area contributed by atoms with Crippen molar-refractivity contribution >= 4 is 17.3 Å². The average molecular weight is 522 g/mol. The molecular formula is C27H30F3NO4S. The Kier molecular flexibility index (Phi) is 8.79. The summed E-state index contributed by atoms with van der Waals surface area (Å²) in [7, 11) is 0. The Morgan fingerprint density at radius 3 is 2.44 bits per heavy atom. The third-order valence-electron chi connectivity index (χ3n) is 5.43. The van der Waals surface area contributed by atoms with Crippen molar-refractivity contribution in [2.45, 2.75) is 65.5 Å². The van der Waals surface area contributed by atoms with Gasteiger partial charge in [0.15, 0.2) is 5.60 Å². The predicted octanol–water partition coefficient (Wildman–Crippen LogP) is 7.01. The summed E-state index contributed by atoms with van der Waals surface area (Å²) in [6.45, 7) is 9.44. The number of ether oxygens (including phenoxy) is 3. The molecule has 0 saturated carbocycles. The molecule has 3 rings (SSSR count). The first-order valence-electron chi connectivity index (χ1n) is 11.6. The van der Waals surface area contributed by atoms with Crippen LogP contribution in [0.15, 0.2) is 48.5 Å². The molecule has 3 aromatic rings. The van der Waals surface area contributed by atoms with E-state index < -0.39 is 23.3 Å². The highest BCUT2D eigenvalue weighted by molar-refractivity contribution is 7.15. The summed E-state index contributed by atoms with van der Waals surface area (Å²) in [4.78, 5) is 17.6. The molecule has 0 aliphatic heterocycles. The molecule has 1 atom stereocenters. The molecule has 0 saturated heterocycles. The molecule has 0 aliphatic carbocycles. The molecule has 0 aliphatic rings. The molecule has 2 aromatic carbocycles. The van der Waals surface area contributed by atoms with Crippen LogP contribution in [0.2, 0.25) is 0 Å². The van der Waals surface area contributed by atoms with Crippen LogP contribution in [0.4, 0.5) is 13.2 Å². The zero-order valence-corrected chi connectivity index (χ0v) is 21.8. The van der Waals surface area contributed by atoms with E-state index in [1.54, 1.807) is 20.8 Å². The fourth-order valence-corrected chi connectivity index (χ4v) is 4.60. The average Bonchev–Trinajstić information content (AvgIpc) is 3.17. The van der Waals surface area contributed by atoms with Crippen LogP contribution < -0.4 is 4.74 Å². The SMILES string of the molecule is CCOC(=O)C(C)(C)OCc1cccc(OC(C)Cc2sc(-c3ccc(C(F)(F)F)cc3)nc2C)c1. The monoisotopic (exact) mass is 521 g/mol. The second kappa shape index (κ2) is 11.4. The van der Waals surface area contributed by atoms with Crippen LogP contribution in [0.1, 0.15) is 49.4 Å². The van der Waals surface area contributed by atoms with Gasteiger partial charge in [-0.15, -0.1) is 11.3 Å². The van der Waals surface area contributed by atoms with Gasteiger partial charge in [0, 0.05) is 16.9 Å². The van der Waals surface area contributed by atoms with Crippen LogP contribution in [0.25, 0.3) is 10.6 Å². The van der Waals surface area contributed by atoms with E-state index in [0.717, 1.165) is 28.3 Å². The zero-order chi connectivity index (χ0) is 26.5. The summed E-state index contributed by atoms with van der Waals surface area (Å²) in [5, 5.41) is 0.673. The highest BCUT2D eigenvalue weighted by atomic mass is 32.1. The molecule has 0 radical (unpaired) electrons. The molecule has 9 heteroatoms. The van der Waals surface area contributed by atoms with E-state index >= 15 is 0 Å². The van der Waals surface area contributed by atoms with E-state index in [9.17, 15) is 18.0 Å². The highest BCUT2D eigenvalue weighted by Crippen LogP contribution is 2.33. The number of hydrogen-bond acceptors (Lipinski definition) is 6. The number of thiazole rings is 1. The van der Waals surface area contributed by atoms with Gasteiger partial charge < -0.3 is 14.2 Å². The maximum atomic E-state index is 12.8. The number of aromatic nitrogens is 1. The quantitative estimate of drug-likeness (QED) is 0.269. The van der Waals surface area contributed by atoms with Crippen LogP contribution in [0, 0.1) is 6.92 Å². The molecule has 0 N–H and O–H groups in total. The van der Waals surface area contributed by atoms with Gasteiger partial charge >= 0.3 is 12.1 Å². The van der Waals surface area contributed by atoms with Crippen molar-refractivity contribution in [2.75, 3.05) is 6.61 Å². The molecule has 36 heavy (non-hydrogen) atoms. The van der Waals surface area contributed by atoms with Gasteiger partial charge in [-0.3, -0.25) is 0 Å². The fourth-order valence-electron chi connectivity index (χ4n) is 3.41. The summed E-state index contributed by atoms with van der Waals surface area (Å²) < 4.78 is 55.4. The Morgan fingerprint density at radius 2 is 1.81 bits per heavy atom. The summed E-state index contributed by atoms with van der Waals surface area (Å²) in [6.07, 6.45) is -3.94. The van der Waals surface area contributed by atoms with E-state index in [0.29, 0.717) is 22.7 Å². The second-order valence-electron chi connectivity index (χ2n) is 8.90. The van der Waals surface area contributed by atoms with Crippen LogP contribution in [-0.4, -0.2) is 29.3 Å². The normalized spacial score (nSPS) is 12.9. The van der Waals surface area contributed by atoms with Gasteiger partial charge in [-0.25, -0.2) is 9.78 Å². The van der Waals surface area contributed by atoms with Crippen LogP contribution in [0.5, 0.6) is 5.75 Å². The fraction of sp³-hybridized carbons (Fsp3) is 0.407. The van der Waals surface area contributed by atoms with E-state index in [1.165, 1.54) is 23.5 Å². The number of halogens is 3. The number of rotatable bonds is 10. The molecule has 0 fully saturated rings. The number of carbonyl (C=O) groups is 1. The largest absolute Gasteiger partial charge is 0.490 e. The minimum atomic E-state index is -4.37. The van der Waals surface area contributed by atoms with Crippen molar-refractivity contribution < 1.29 is 32.2 Å². The van der Waals surface area contributed by atoms with E-state index in [1.807, 2.05) is 38.1 Å². The van der Waals surface area contributed by atoms with Gasteiger partial charge in [0.2, 0.25) is 0 Å². The molecule has 194 valence electrons. The van der Waals surface area contributed by atoms with Crippen molar-refractivity contribution in [1.82, 2.24) is 4.98 Å². The summed E-state index contributed by atoms with van der Waals surface area (Å²) >= 11 is 1.45. The van der Waals surface area contributed by atoms with Crippen LogP contribution >= 0.6 is 11.3 Å². The van der Waals surface area contributed by atoms with Crippen molar-refractivity contribution in [3.05, 3.63) is 70.2 Å². The van der Waals surface area contributed by atoms with E-state index in [4.69, 9.17) is 14.2 Å². The summed E-state index contributed by atoms with van der Waals surface area (Å²) in [6, 6.07) is 12.5. The maximum absolute atomic E-state index is 12.8. The molecular weight excluding hydrogens is 491 g/mol. The Balaban J connectivity index is 1.62. The van der Waals surface area contributed by atoms with E-state index in [-0.39, 0.29) is 19.3 Å². The van der Waals surface area contributed by atoms with Crippen molar-refractivity contribution in [2.24, 2.45) is 0 Å². The lowest BCUT2D eigenvalue weighted by Crippen LogP contribution is -2.36. The number of alkyl halides is 3. The van der Waals surface area contributed by atoms with Gasteiger partial charge in [0.1, 0.15) is 16.9 Å². The number of aryl methyl sites for hydroxylation is 1. The van der Waals surface area contributed by atoms with Crippen molar-refractivity contribution in [1.29, 1.82) is 0 Å². The standard InChI is InChI=1S/C27H30F3NO4S/c1-6-33-25(32)26(4,5)34-16-19-8-7-9-22(15-19)35-17(2)14-23-18(3)31-24(36-23)20-10-12-21(13-11-20)27(28,29)30/h7-13,15,17H,6,14,16H2,1-5H3. The molecule has 0 spiro atoms. The zero-order valence-electron chi connectivity index (χ0n) is 20.9. The van der Waals surface area contributed by atoms with Crippen LogP contribution in [0.3, 0.4) is 0 Å². The molecule has 1 aromatic heterocycles. The summed E-state index contributed by atoms with van der Waals surface area (Å²) in [5.41, 5.74) is 0.590. The van der Waals surface area contributed by atoms with E-state index in [2.05, 4.69) is 4.98 Å². The van der Waals surface area contributed by atoms with Gasteiger partial charge in [0.25, 0.3) is 0 Å². The number of nitrogens with zero attached hydrogens (tertiary/aromatic N) is 1. The van der Waals surface area contributed by atoms with Gasteiger partial charge in [0.05, 0.1) is 24.5 Å². The number of hydrogen-bond donors (Lipinski definition) is 0. The number of carbonyl (C=O) groups excluding carboxylic acids is 1. The minimum absolute atomic E-state index is 0.170. The Labute approximate surface area is 213 Å². The highest BCUT2D eigenvalue weighted by Gasteiger charge is 2.31. The lowest BCUT2D eigenvalue weighted by atomic mass is 10.1. The van der Waals surface area contributed by atoms with Gasteiger partial charge in [-0.1, -0.05) is 24.3 Å². The summed E-state index contributed by atoms with van der Waals surface area (Å²) in [5.74, 6) is 0.254. The lowest BCUT2D eigenvalue weighted by molar-refractivity contribution is -0.169. The molecule has 0 amide bonds. The lowest BCUT2D eigenvalue weighted by Gasteiger charge is -2.23. The third kappa shape index (κ3) is 7.30. The molecule has 5 nitrogen and oxygen atoms in total. The maximum Gasteiger partial charge on any atom is 0.416 e. The number of benzene rings is 2. The molecule has 1 unspecified atom stereocenters. The first-order valence-corrected chi connectivity index (χ1v) is 12.4. The number of esters is 1. The van der Waals surface area contributed by atoms with Crippen molar-refractivity contribution in [3.63, 3.8) is 0 Å². The predicted molar refractivity (Wildman–Crippen MR) is 133 cm³/mol. The third-order valence-corrected chi connectivity index (χ3v) is 6.66.